The summed E-state index contributed by atoms with van der Waals surface area (Å²) >= 11 is 0. The number of para-hydroxylation sites is 1. The fraction of sp³-hybridized carbons (Fsp3) is 0.240. The molecule has 32 heavy (non-hydrogen) atoms. The maximum atomic E-state index is 12.9. The second-order valence-corrected chi connectivity index (χ2v) is 8.06. The quantitative estimate of drug-likeness (QED) is 0.483. The van der Waals surface area contributed by atoms with Crippen molar-refractivity contribution in [3.8, 4) is 5.69 Å². The van der Waals surface area contributed by atoms with Crippen LogP contribution in [0.25, 0.3) is 5.69 Å². The van der Waals surface area contributed by atoms with Crippen LogP contribution in [0.15, 0.2) is 66.9 Å². The molecule has 7 nitrogen and oxygen atoms in total. The van der Waals surface area contributed by atoms with Gasteiger partial charge in [0.15, 0.2) is 0 Å². The van der Waals surface area contributed by atoms with Crippen molar-refractivity contribution < 1.29 is 4.79 Å². The molecule has 0 aliphatic rings. The lowest BCUT2D eigenvalue weighted by Crippen LogP contribution is -2.18. The van der Waals surface area contributed by atoms with Gasteiger partial charge in [-0.05, 0) is 43.7 Å². The summed E-state index contributed by atoms with van der Waals surface area (Å²) in [7, 11) is 4.03. The minimum atomic E-state index is -0.0893. The number of benzene rings is 2. The molecule has 0 aliphatic heterocycles. The number of carbonyl (C=O) groups excluding carboxylic acids is 1. The molecule has 0 spiro atoms. The summed E-state index contributed by atoms with van der Waals surface area (Å²) in [5.74, 6) is 0.589. The second-order valence-electron chi connectivity index (χ2n) is 8.06. The smallest absolute Gasteiger partial charge is 0.230 e. The van der Waals surface area contributed by atoms with Crippen molar-refractivity contribution in [1.82, 2.24) is 19.6 Å². The minimum absolute atomic E-state index is 0.0893. The molecule has 0 fully saturated rings. The van der Waals surface area contributed by atoms with Crippen molar-refractivity contribution in [3.63, 3.8) is 0 Å². The van der Waals surface area contributed by atoms with Crippen LogP contribution in [-0.2, 0) is 17.8 Å². The predicted octanol–water partition coefficient (Wildman–Crippen LogP) is 3.98. The number of carbonyl (C=O) groups is 1. The van der Waals surface area contributed by atoms with Crippen molar-refractivity contribution in [1.29, 1.82) is 0 Å². The third kappa shape index (κ3) is 4.56. The molecule has 2 heterocycles. The maximum absolute atomic E-state index is 12.9. The molecule has 2 aromatic carbocycles. The number of hydrogen-bond donors (Lipinski definition) is 1. The number of anilines is 2. The molecule has 0 unspecified atom stereocenters. The Bertz CT molecular complexity index is 1210. The van der Waals surface area contributed by atoms with E-state index in [9.17, 15) is 4.79 Å². The van der Waals surface area contributed by atoms with E-state index in [1.807, 2.05) is 69.0 Å². The highest BCUT2D eigenvalue weighted by Crippen LogP contribution is 2.20. The third-order valence-corrected chi connectivity index (χ3v) is 5.55. The molecule has 4 aromatic rings. The average molecular weight is 429 g/mol. The van der Waals surface area contributed by atoms with Crippen molar-refractivity contribution in [3.05, 3.63) is 89.4 Å². The van der Waals surface area contributed by atoms with Crippen LogP contribution in [0.3, 0.4) is 0 Å². The third-order valence-electron chi connectivity index (χ3n) is 5.55. The molecule has 4 rings (SSSR count). The lowest BCUT2D eigenvalue weighted by atomic mass is 10.1. The molecule has 164 valence electrons. The summed E-state index contributed by atoms with van der Waals surface area (Å²) < 4.78 is 3.69. The summed E-state index contributed by atoms with van der Waals surface area (Å²) in [6.07, 6.45) is 1.96. The lowest BCUT2D eigenvalue weighted by molar-refractivity contribution is -0.115. The summed E-state index contributed by atoms with van der Waals surface area (Å²) in [5, 5.41) is 12.0. The highest BCUT2D eigenvalue weighted by molar-refractivity contribution is 5.91. The van der Waals surface area contributed by atoms with Gasteiger partial charge in [-0.3, -0.25) is 4.79 Å². The van der Waals surface area contributed by atoms with E-state index >= 15 is 0 Å². The van der Waals surface area contributed by atoms with Gasteiger partial charge >= 0.3 is 0 Å². The first-order valence-corrected chi connectivity index (χ1v) is 10.6. The molecule has 0 radical (unpaired) electrons. The zero-order chi connectivity index (χ0) is 22.7. The first-order valence-electron chi connectivity index (χ1n) is 10.6. The Hall–Kier alpha value is -3.87. The highest BCUT2D eigenvalue weighted by atomic mass is 16.1. The molecule has 0 saturated carbocycles. The Morgan fingerprint density at radius 3 is 2.41 bits per heavy atom. The van der Waals surface area contributed by atoms with Crippen LogP contribution >= 0.6 is 0 Å². The van der Waals surface area contributed by atoms with E-state index in [1.54, 1.807) is 10.9 Å². The molecule has 7 heteroatoms. The van der Waals surface area contributed by atoms with Crippen molar-refractivity contribution in [2.45, 2.75) is 26.8 Å². The predicted molar refractivity (Wildman–Crippen MR) is 127 cm³/mol. The number of aromatic nitrogens is 4. The van der Waals surface area contributed by atoms with Crippen LogP contribution in [0, 0.1) is 13.8 Å². The zero-order valence-corrected chi connectivity index (χ0v) is 18.9. The second kappa shape index (κ2) is 9.09. The van der Waals surface area contributed by atoms with Gasteiger partial charge in [0.2, 0.25) is 5.91 Å². The Morgan fingerprint density at radius 1 is 1.00 bits per heavy atom. The summed E-state index contributed by atoms with van der Waals surface area (Å²) in [6, 6.07) is 20.1. The van der Waals surface area contributed by atoms with Gasteiger partial charge < -0.3 is 10.2 Å². The van der Waals surface area contributed by atoms with Gasteiger partial charge in [0.05, 0.1) is 30.5 Å². The Morgan fingerprint density at radius 2 is 1.72 bits per heavy atom. The molecular weight excluding hydrogens is 400 g/mol. The van der Waals surface area contributed by atoms with E-state index in [2.05, 4.69) is 44.7 Å². The number of rotatable bonds is 7. The largest absolute Gasteiger partial charge is 0.378 e. The van der Waals surface area contributed by atoms with Gasteiger partial charge in [-0.1, -0.05) is 30.3 Å². The minimum Gasteiger partial charge on any atom is -0.378 e. The Kier molecular flexibility index (Phi) is 6.07. The first kappa shape index (κ1) is 21.4. The summed E-state index contributed by atoms with van der Waals surface area (Å²) in [4.78, 5) is 14.9. The van der Waals surface area contributed by atoms with Crippen LogP contribution < -0.4 is 10.2 Å². The molecule has 0 saturated heterocycles. The van der Waals surface area contributed by atoms with Gasteiger partial charge in [0.1, 0.15) is 5.82 Å². The molecule has 1 N–H and O–H groups in total. The Labute approximate surface area is 188 Å². The van der Waals surface area contributed by atoms with Crippen LogP contribution in [0.1, 0.15) is 22.5 Å². The topological polar surface area (TPSA) is 68.0 Å². The molecule has 0 atom stereocenters. The fourth-order valence-electron chi connectivity index (χ4n) is 3.74. The van der Waals surface area contributed by atoms with Crippen molar-refractivity contribution in [2.75, 3.05) is 24.3 Å². The molecular formula is C25H28N6O. The standard InChI is InChI=1S/C25H28N6O/c1-18-23(19(2)31(28-18)22-8-6-5-7-9-22)16-25(32)27-24-14-15-26-30(24)17-20-10-12-21(13-11-20)29(3)4/h5-15H,16-17H2,1-4H3,(H,27,32). The van der Waals surface area contributed by atoms with E-state index in [4.69, 9.17) is 0 Å². The molecule has 0 bridgehead atoms. The van der Waals surface area contributed by atoms with E-state index in [0.717, 1.165) is 33.9 Å². The number of nitrogens with one attached hydrogen (secondary N) is 1. The first-order chi connectivity index (χ1) is 15.4. The van der Waals surface area contributed by atoms with Crippen LogP contribution in [0.2, 0.25) is 0 Å². The normalized spacial score (nSPS) is 10.9. The van der Waals surface area contributed by atoms with Crippen molar-refractivity contribution >= 4 is 17.4 Å². The number of aryl methyl sites for hydroxylation is 1. The van der Waals surface area contributed by atoms with E-state index in [1.165, 1.54) is 0 Å². The van der Waals surface area contributed by atoms with Gasteiger partial charge in [0, 0.05) is 37.1 Å². The number of nitrogens with zero attached hydrogens (tertiary/aromatic N) is 5. The van der Waals surface area contributed by atoms with Gasteiger partial charge in [-0.2, -0.15) is 10.2 Å². The van der Waals surface area contributed by atoms with E-state index < -0.39 is 0 Å². The SMILES string of the molecule is Cc1nn(-c2ccccc2)c(C)c1CC(=O)Nc1ccnn1Cc1ccc(N(C)C)cc1. The van der Waals surface area contributed by atoms with E-state index in [0.29, 0.717) is 12.4 Å². The van der Waals surface area contributed by atoms with Gasteiger partial charge in [-0.25, -0.2) is 9.36 Å². The molecule has 1 amide bonds. The van der Waals surface area contributed by atoms with Crippen LogP contribution in [-0.4, -0.2) is 39.6 Å². The average Bonchev–Trinajstić information content (AvgIpc) is 3.33. The fourth-order valence-corrected chi connectivity index (χ4v) is 3.74. The zero-order valence-electron chi connectivity index (χ0n) is 18.9. The van der Waals surface area contributed by atoms with Gasteiger partial charge in [-0.15, -0.1) is 0 Å². The number of amides is 1. The summed E-state index contributed by atoms with van der Waals surface area (Å²) in [6.45, 7) is 4.52. The molecule has 2 aromatic heterocycles. The van der Waals surface area contributed by atoms with Gasteiger partial charge in [0.25, 0.3) is 0 Å². The van der Waals surface area contributed by atoms with Crippen LogP contribution in [0.4, 0.5) is 11.5 Å². The highest BCUT2D eigenvalue weighted by Gasteiger charge is 2.17. The van der Waals surface area contributed by atoms with Crippen molar-refractivity contribution in [2.24, 2.45) is 0 Å². The molecule has 0 aliphatic carbocycles. The monoisotopic (exact) mass is 428 g/mol. The van der Waals surface area contributed by atoms with Crippen LogP contribution in [0.5, 0.6) is 0 Å². The lowest BCUT2D eigenvalue weighted by Gasteiger charge is -2.13. The maximum Gasteiger partial charge on any atom is 0.230 e. The summed E-state index contributed by atoms with van der Waals surface area (Å²) in [5.41, 5.74) is 6.01. The van der Waals surface area contributed by atoms with E-state index in [-0.39, 0.29) is 12.3 Å². The number of hydrogen-bond acceptors (Lipinski definition) is 4. The Balaban J connectivity index is 1.46.